The molecule has 0 unspecified atom stereocenters. The van der Waals surface area contributed by atoms with Crippen LogP contribution in [0.2, 0.25) is 0 Å². The monoisotopic (exact) mass is 301 g/mol. The van der Waals surface area contributed by atoms with E-state index in [1.807, 2.05) is 24.4 Å². The number of hydrazone groups is 1. The summed E-state index contributed by atoms with van der Waals surface area (Å²) in [4.78, 5) is 11.6. The summed E-state index contributed by atoms with van der Waals surface area (Å²) in [6, 6.07) is 8.12. The van der Waals surface area contributed by atoms with E-state index in [-0.39, 0.29) is 0 Å². The minimum absolute atomic E-state index is 0.529. The van der Waals surface area contributed by atoms with Crippen LogP contribution in [-0.4, -0.2) is 27.4 Å². The van der Waals surface area contributed by atoms with Gasteiger partial charge >= 0.3 is 0 Å². The number of unbranched alkanes of at least 4 members (excludes halogenated alkanes) is 1. The Bertz CT molecular complexity index is 681. The molecule has 0 fully saturated rings. The number of rotatable bonds is 6. The van der Waals surface area contributed by atoms with Crippen LogP contribution in [0.25, 0.3) is 10.9 Å². The van der Waals surface area contributed by atoms with Crippen molar-refractivity contribution in [2.45, 2.75) is 45.8 Å². The fourth-order valence-electron chi connectivity index (χ4n) is 2.19. The molecule has 1 aromatic carbocycles. The molecule has 0 spiro atoms. The van der Waals surface area contributed by atoms with Gasteiger partial charge in [0.15, 0.2) is 0 Å². The first-order chi connectivity index (χ1) is 10.4. The van der Waals surface area contributed by atoms with Crippen LogP contribution in [0.5, 0.6) is 0 Å². The molecule has 0 saturated heterocycles. The van der Waals surface area contributed by atoms with E-state index in [1.165, 1.54) is 13.8 Å². The zero-order chi connectivity index (χ0) is 16.2. The summed E-state index contributed by atoms with van der Waals surface area (Å²) in [5, 5.41) is 14.6. The predicted octanol–water partition coefficient (Wildman–Crippen LogP) is 2.66. The molecule has 2 rings (SSSR count). The number of nitrogens with one attached hydrogen (secondary N) is 1. The summed E-state index contributed by atoms with van der Waals surface area (Å²) < 4.78 is 2.21. The van der Waals surface area contributed by atoms with Gasteiger partial charge < -0.3 is 9.67 Å². The second-order valence-electron chi connectivity index (χ2n) is 5.91. The molecule has 0 aliphatic rings. The highest BCUT2D eigenvalue weighted by Gasteiger charge is 2.22. The number of para-hydroxylation sites is 1. The number of carbonyl (C=O) groups excluding carboxylic acids is 1. The summed E-state index contributed by atoms with van der Waals surface area (Å²) in [6.07, 6.45) is 5.91. The maximum Gasteiger partial charge on any atom is 0.271 e. The first-order valence-electron chi connectivity index (χ1n) is 7.57. The van der Waals surface area contributed by atoms with Gasteiger partial charge in [0, 0.05) is 29.2 Å². The molecular formula is C17H23N3O2. The smallest absolute Gasteiger partial charge is 0.271 e. The van der Waals surface area contributed by atoms with Gasteiger partial charge in [-0.2, -0.15) is 5.10 Å². The number of aryl methyl sites for hydroxylation is 1. The quantitative estimate of drug-likeness (QED) is 0.636. The average Bonchev–Trinajstić information content (AvgIpc) is 2.82. The van der Waals surface area contributed by atoms with Crippen molar-refractivity contribution >= 4 is 23.0 Å². The van der Waals surface area contributed by atoms with E-state index in [1.54, 1.807) is 6.21 Å². The van der Waals surface area contributed by atoms with Crippen molar-refractivity contribution in [3.8, 4) is 0 Å². The Kier molecular flexibility index (Phi) is 4.98. The maximum absolute atomic E-state index is 11.6. The van der Waals surface area contributed by atoms with Gasteiger partial charge in [0.1, 0.15) is 5.60 Å². The van der Waals surface area contributed by atoms with E-state index in [2.05, 4.69) is 28.1 Å². The summed E-state index contributed by atoms with van der Waals surface area (Å²) >= 11 is 0. The van der Waals surface area contributed by atoms with Gasteiger partial charge in [-0.1, -0.05) is 31.5 Å². The minimum Gasteiger partial charge on any atom is -0.381 e. The van der Waals surface area contributed by atoms with Crippen molar-refractivity contribution < 1.29 is 9.90 Å². The third kappa shape index (κ3) is 3.74. The van der Waals surface area contributed by atoms with Crippen LogP contribution < -0.4 is 5.43 Å². The Hall–Kier alpha value is -2.14. The normalized spacial score (nSPS) is 12.2. The Balaban J connectivity index is 2.22. The first kappa shape index (κ1) is 16.2. The van der Waals surface area contributed by atoms with E-state index < -0.39 is 11.5 Å². The van der Waals surface area contributed by atoms with Gasteiger partial charge in [-0.05, 0) is 26.3 Å². The van der Waals surface area contributed by atoms with Crippen LogP contribution in [0.1, 0.15) is 39.2 Å². The van der Waals surface area contributed by atoms with Crippen molar-refractivity contribution in [1.29, 1.82) is 0 Å². The summed E-state index contributed by atoms with van der Waals surface area (Å²) in [5.41, 5.74) is 3.03. The molecule has 1 heterocycles. The highest BCUT2D eigenvalue weighted by molar-refractivity contribution is 5.99. The van der Waals surface area contributed by atoms with Crippen LogP contribution in [0.3, 0.4) is 0 Å². The molecular weight excluding hydrogens is 278 g/mol. The largest absolute Gasteiger partial charge is 0.381 e. The molecule has 0 saturated carbocycles. The van der Waals surface area contributed by atoms with E-state index in [9.17, 15) is 9.90 Å². The molecule has 0 bridgehead atoms. The molecule has 5 heteroatoms. The SMILES string of the molecule is CCCCn1cc(/C=N/NC(=O)C(C)(C)O)c2ccccc21. The van der Waals surface area contributed by atoms with Crippen molar-refractivity contribution in [3.05, 3.63) is 36.0 Å². The summed E-state index contributed by atoms with van der Waals surface area (Å²) in [6.45, 7) is 5.98. The zero-order valence-electron chi connectivity index (χ0n) is 13.3. The number of amides is 1. The molecule has 0 radical (unpaired) electrons. The fraction of sp³-hybridized carbons (Fsp3) is 0.412. The van der Waals surface area contributed by atoms with E-state index in [0.717, 1.165) is 35.9 Å². The Morgan fingerprint density at radius 2 is 2.14 bits per heavy atom. The van der Waals surface area contributed by atoms with E-state index in [0.29, 0.717) is 0 Å². The first-order valence-corrected chi connectivity index (χ1v) is 7.57. The van der Waals surface area contributed by atoms with Crippen LogP contribution >= 0.6 is 0 Å². The third-order valence-corrected chi connectivity index (χ3v) is 3.50. The number of aromatic nitrogens is 1. The topological polar surface area (TPSA) is 66.6 Å². The number of hydrogen-bond acceptors (Lipinski definition) is 3. The Labute approximate surface area is 130 Å². The molecule has 2 aromatic rings. The summed E-state index contributed by atoms with van der Waals surface area (Å²) in [7, 11) is 0. The molecule has 2 N–H and O–H groups in total. The Morgan fingerprint density at radius 3 is 2.82 bits per heavy atom. The van der Waals surface area contributed by atoms with Gasteiger partial charge in [-0.15, -0.1) is 0 Å². The average molecular weight is 301 g/mol. The van der Waals surface area contributed by atoms with Gasteiger partial charge in [-0.25, -0.2) is 5.43 Å². The molecule has 0 aliphatic heterocycles. The van der Waals surface area contributed by atoms with Crippen LogP contribution in [0.15, 0.2) is 35.6 Å². The van der Waals surface area contributed by atoms with Crippen molar-refractivity contribution in [2.75, 3.05) is 0 Å². The molecule has 118 valence electrons. The fourth-order valence-corrected chi connectivity index (χ4v) is 2.19. The molecule has 1 aromatic heterocycles. The number of aliphatic hydroxyl groups is 1. The predicted molar refractivity (Wildman–Crippen MR) is 88.9 cm³/mol. The van der Waals surface area contributed by atoms with E-state index >= 15 is 0 Å². The maximum atomic E-state index is 11.6. The Morgan fingerprint density at radius 1 is 1.41 bits per heavy atom. The second-order valence-corrected chi connectivity index (χ2v) is 5.91. The second kappa shape index (κ2) is 6.75. The number of carbonyl (C=O) groups is 1. The number of benzene rings is 1. The van der Waals surface area contributed by atoms with Crippen LogP contribution in [0.4, 0.5) is 0 Å². The molecule has 1 amide bonds. The molecule has 0 atom stereocenters. The lowest BCUT2D eigenvalue weighted by atomic mass is 10.1. The molecule has 5 nitrogen and oxygen atoms in total. The van der Waals surface area contributed by atoms with Gasteiger partial charge in [-0.3, -0.25) is 4.79 Å². The molecule has 0 aliphatic carbocycles. The van der Waals surface area contributed by atoms with Gasteiger partial charge in [0.25, 0.3) is 5.91 Å². The highest BCUT2D eigenvalue weighted by atomic mass is 16.3. The lowest BCUT2D eigenvalue weighted by Gasteiger charge is -2.13. The lowest BCUT2D eigenvalue weighted by Crippen LogP contribution is -2.39. The lowest BCUT2D eigenvalue weighted by molar-refractivity contribution is -0.136. The van der Waals surface area contributed by atoms with Crippen LogP contribution in [0, 0.1) is 0 Å². The minimum atomic E-state index is -1.44. The van der Waals surface area contributed by atoms with Crippen LogP contribution in [-0.2, 0) is 11.3 Å². The van der Waals surface area contributed by atoms with E-state index in [4.69, 9.17) is 0 Å². The number of hydrogen-bond donors (Lipinski definition) is 2. The third-order valence-electron chi connectivity index (χ3n) is 3.50. The molecule has 22 heavy (non-hydrogen) atoms. The van der Waals surface area contributed by atoms with Crippen molar-refractivity contribution in [2.24, 2.45) is 5.10 Å². The van der Waals surface area contributed by atoms with Gasteiger partial charge in [0.2, 0.25) is 0 Å². The summed E-state index contributed by atoms with van der Waals surface area (Å²) in [5.74, 6) is -0.529. The van der Waals surface area contributed by atoms with Crippen molar-refractivity contribution in [1.82, 2.24) is 9.99 Å². The highest BCUT2D eigenvalue weighted by Crippen LogP contribution is 2.20. The number of nitrogens with zero attached hydrogens (tertiary/aromatic N) is 2. The standard InChI is InChI=1S/C17H23N3O2/c1-4-5-10-20-12-13(14-8-6-7-9-15(14)20)11-18-19-16(21)17(2,3)22/h6-9,11-12,22H,4-5,10H2,1-3H3,(H,19,21)/b18-11+. The zero-order valence-corrected chi connectivity index (χ0v) is 13.3. The number of fused-ring (bicyclic) bond motifs is 1. The van der Waals surface area contributed by atoms with Gasteiger partial charge in [0.05, 0.1) is 6.21 Å². The van der Waals surface area contributed by atoms with Crippen molar-refractivity contribution in [3.63, 3.8) is 0 Å².